The minimum atomic E-state index is 0.552. The first-order chi connectivity index (χ1) is 8.38. The third kappa shape index (κ3) is 2.20. The molecule has 92 valence electrons. The van der Waals surface area contributed by atoms with Crippen LogP contribution in [-0.2, 0) is 19.5 Å². The highest BCUT2D eigenvalue weighted by molar-refractivity contribution is 7.99. The first-order valence-electron chi connectivity index (χ1n) is 6.59. The van der Waals surface area contributed by atoms with E-state index < -0.39 is 0 Å². The van der Waals surface area contributed by atoms with Gasteiger partial charge in [0.2, 0.25) is 0 Å². The van der Waals surface area contributed by atoms with Crippen molar-refractivity contribution in [3.63, 3.8) is 0 Å². The molecule has 0 radical (unpaired) electrons. The highest BCUT2D eigenvalue weighted by atomic mass is 32.2. The Kier molecular flexibility index (Phi) is 3.34. The molecule has 1 unspecified atom stereocenters. The number of aryl methyl sites for hydroxylation is 1. The second-order valence-electron chi connectivity index (χ2n) is 4.81. The lowest BCUT2D eigenvalue weighted by molar-refractivity contribution is 0.742. The first kappa shape index (κ1) is 11.5. The van der Waals surface area contributed by atoms with E-state index in [9.17, 15) is 0 Å². The molecule has 3 heterocycles. The molecule has 2 aliphatic rings. The van der Waals surface area contributed by atoms with Gasteiger partial charge in [0.15, 0.2) is 0 Å². The van der Waals surface area contributed by atoms with Crippen molar-refractivity contribution in [2.75, 3.05) is 5.75 Å². The van der Waals surface area contributed by atoms with Gasteiger partial charge < -0.3 is 5.32 Å². The Morgan fingerprint density at radius 1 is 1.35 bits per heavy atom. The Morgan fingerprint density at radius 3 is 3.06 bits per heavy atom. The second-order valence-corrected chi connectivity index (χ2v) is 6.12. The van der Waals surface area contributed by atoms with Gasteiger partial charge in [-0.1, -0.05) is 13.3 Å². The van der Waals surface area contributed by atoms with Crippen molar-refractivity contribution >= 4 is 11.8 Å². The van der Waals surface area contributed by atoms with Gasteiger partial charge in [-0.3, -0.25) is 0 Å². The van der Waals surface area contributed by atoms with Crippen LogP contribution in [0.15, 0.2) is 0 Å². The predicted octanol–water partition coefficient (Wildman–Crippen LogP) is 2.60. The van der Waals surface area contributed by atoms with Gasteiger partial charge in [-0.15, -0.1) is 0 Å². The molecule has 3 nitrogen and oxygen atoms in total. The predicted molar refractivity (Wildman–Crippen MR) is 71.0 cm³/mol. The number of fused-ring (bicyclic) bond motifs is 1. The molecule has 3 rings (SSSR count). The summed E-state index contributed by atoms with van der Waals surface area (Å²) in [7, 11) is 0. The fraction of sp³-hybridized carbons (Fsp3) is 0.692. The average molecular weight is 249 g/mol. The first-order valence-corrected chi connectivity index (χ1v) is 7.64. The van der Waals surface area contributed by atoms with Crippen molar-refractivity contribution in [1.29, 1.82) is 0 Å². The maximum atomic E-state index is 4.84. The number of rotatable bonds is 3. The standard InChI is InChI=1S/C13H19N3S/c1-2-4-10-9-7-14-8-11(9)16-13(15-10)12-5-3-6-17-12/h12,14H,2-8H2,1H3. The zero-order valence-electron chi connectivity index (χ0n) is 10.3. The van der Waals surface area contributed by atoms with Gasteiger partial charge in [-0.2, -0.15) is 11.8 Å². The summed E-state index contributed by atoms with van der Waals surface area (Å²) in [6.07, 6.45) is 4.83. The number of nitrogens with one attached hydrogen (secondary N) is 1. The van der Waals surface area contributed by atoms with Gasteiger partial charge in [-0.05, 0) is 25.0 Å². The van der Waals surface area contributed by atoms with Gasteiger partial charge in [0.05, 0.1) is 10.9 Å². The van der Waals surface area contributed by atoms with Crippen LogP contribution in [0.1, 0.15) is 54.2 Å². The summed E-state index contributed by atoms with van der Waals surface area (Å²) in [6, 6.07) is 0. The second kappa shape index (κ2) is 4.94. The van der Waals surface area contributed by atoms with Crippen LogP contribution in [0.25, 0.3) is 0 Å². The molecule has 0 aliphatic carbocycles. The molecule has 1 aromatic heterocycles. The monoisotopic (exact) mass is 249 g/mol. The third-order valence-corrected chi connectivity index (χ3v) is 4.87. The molecule has 1 saturated heterocycles. The highest BCUT2D eigenvalue weighted by Gasteiger charge is 2.24. The normalized spacial score (nSPS) is 23.0. The molecule has 0 amide bonds. The van der Waals surface area contributed by atoms with Gasteiger partial charge >= 0.3 is 0 Å². The number of hydrogen-bond acceptors (Lipinski definition) is 4. The van der Waals surface area contributed by atoms with E-state index in [1.165, 1.54) is 42.0 Å². The maximum absolute atomic E-state index is 4.84. The summed E-state index contributed by atoms with van der Waals surface area (Å²) < 4.78 is 0. The van der Waals surface area contributed by atoms with Crippen LogP contribution in [0.2, 0.25) is 0 Å². The van der Waals surface area contributed by atoms with E-state index in [2.05, 4.69) is 12.2 Å². The number of thioether (sulfide) groups is 1. The SMILES string of the molecule is CCCc1nc(C2CCCS2)nc2c1CNC2. The van der Waals surface area contributed by atoms with Crippen molar-refractivity contribution in [2.45, 2.75) is 50.9 Å². The molecule has 0 saturated carbocycles. The lowest BCUT2D eigenvalue weighted by Crippen LogP contribution is -2.07. The van der Waals surface area contributed by atoms with Crippen LogP contribution < -0.4 is 5.32 Å². The molecule has 4 heteroatoms. The number of aromatic nitrogens is 2. The number of hydrogen-bond donors (Lipinski definition) is 1. The van der Waals surface area contributed by atoms with Gasteiger partial charge in [0, 0.05) is 24.3 Å². The minimum Gasteiger partial charge on any atom is -0.307 e. The van der Waals surface area contributed by atoms with E-state index in [0.29, 0.717) is 5.25 Å². The van der Waals surface area contributed by atoms with E-state index in [0.717, 1.165) is 25.3 Å². The van der Waals surface area contributed by atoms with E-state index in [1.807, 2.05) is 11.8 Å². The van der Waals surface area contributed by atoms with Crippen LogP contribution >= 0.6 is 11.8 Å². The summed E-state index contributed by atoms with van der Waals surface area (Å²) in [5, 5.41) is 3.95. The molecular formula is C13H19N3S. The van der Waals surface area contributed by atoms with Crippen molar-refractivity contribution in [1.82, 2.24) is 15.3 Å². The van der Waals surface area contributed by atoms with Crippen LogP contribution in [0, 0.1) is 0 Å². The lowest BCUT2D eigenvalue weighted by Gasteiger charge is -2.12. The highest BCUT2D eigenvalue weighted by Crippen LogP contribution is 2.38. The molecule has 0 aromatic carbocycles. The van der Waals surface area contributed by atoms with Crippen molar-refractivity contribution in [3.05, 3.63) is 22.8 Å². The Balaban J connectivity index is 1.96. The van der Waals surface area contributed by atoms with Crippen LogP contribution in [-0.4, -0.2) is 15.7 Å². The molecule has 0 bridgehead atoms. The van der Waals surface area contributed by atoms with Crippen molar-refractivity contribution < 1.29 is 0 Å². The van der Waals surface area contributed by atoms with E-state index >= 15 is 0 Å². The molecule has 1 N–H and O–H groups in total. The molecule has 1 atom stereocenters. The topological polar surface area (TPSA) is 37.8 Å². The molecule has 1 fully saturated rings. The Labute approximate surface area is 107 Å². The largest absolute Gasteiger partial charge is 0.307 e. The summed E-state index contributed by atoms with van der Waals surface area (Å²) in [5.41, 5.74) is 3.93. The van der Waals surface area contributed by atoms with E-state index in [4.69, 9.17) is 9.97 Å². The summed E-state index contributed by atoms with van der Waals surface area (Å²) in [4.78, 5) is 9.63. The zero-order valence-corrected chi connectivity index (χ0v) is 11.1. The lowest BCUT2D eigenvalue weighted by atomic mass is 10.1. The Bertz CT molecular complexity index is 413. The smallest absolute Gasteiger partial charge is 0.141 e. The van der Waals surface area contributed by atoms with Gasteiger partial charge in [0.1, 0.15) is 5.82 Å². The van der Waals surface area contributed by atoms with Crippen LogP contribution in [0.5, 0.6) is 0 Å². The third-order valence-electron chi connectivity index (χ3n) is 3.49. The summed E-state index contributed by atoms with van der Waals surface area (Å²) >= 11 is 2.02. The summed E-state index contributed by atoms with van der Waals surface area (Å²) in [6.45, 7) is 4.11. The Hall–Kier alpha value is -0.610. The van der Waals surface area contributed by atoms with Crippen molar-refractivity contribution in [3.8, 4) is 0 Å². The Morgan fingerprint density at radius 2 is 2.29 bits per heavy atom. The molecular weight excluding hydrogens is 230 g/mol. The van der Waals surface area contributed by atoms with Crippen LogP contribution in [0.4, 0.5) is 0 Å². The molecule has 1 aromatic rings. The number of nitrogens with zero attached hydrogens (tertiary/aromatic N) is 2. The zero-order chi connectivity index (χ0) is 11.7. The molecule has 0 spiro atoms. The average Bonchev–Trinajstić information content (AvgIpc) is 3.00. The maximum Gasteiger partial charge on any atom is 0.141 e. The van der Waals surface area contributed by atoms with Crippen LogP contribution in [0.3, 0.4) is 0 Å². The summed E-state index contributed by atoms with van der Waals surface area (Å²) in [5.74, 6) is 2.37. The van der Waals surface area contributed by atoms with Crippen molar-refractivity contribution in [2.24, 2.45) is 0 Å². The quantitative estimate of drug-likeness (QED) is 0.893. The van der Waals surface area contributed by atoms with Gasteiger partial charge in [-0.25, -0.2) is 9.97 Å². The molecule has 2 aliphatic heterocycles. The minimum absolute atomic E-state index is 0.552. The van der Waals surface area contributed by atoms with E-state index in [-0.39, 0.29) is 0 Å². The fourth-order valence-electron chi connectivity index (χ4n) is 2.63. The van der Waals surface area contributed by atoms with Gasteiger partial charge in [0.25, 0.3) is 0 Å². The van der Waals surface area contributed by atoms with E-state index in [1.54, 1.807) is 0 Å². The fourth-order valence-corrected chi connectivity index (χ4v) is 3.83. The molecule has 17 heavy (non-hydrogen) atoms.